The molecule has 0 aliphatic rings. The van der Waals surface area contributed by atoms with Gasteiger partial charge in [-0.3, -0.25) is 0 Å². The Morgan fingerprint density at radius 1 is 1.28 bits per heavy atom. The molecule has 0 aliphatic heterocycles. The molecule has 1 atom stereocenters. The molecule has 0 saturated heterocycles. The molecule has 1 unspecified atom stereocenters. The van der Waals surface area contributed by atoms with Gasteiger partial charge in [-0.05, 0) is 48.6 Å². The van der Waals surface area contributed by atoms with Crippen LogP contribution in [0.5, 0.6) is 5.75 Å². The smallest absolute Gasteiger partial charge is 0.119 e. The number of benzene rings is 1. The number of thiophene rings is 1. The molecule has 1 aromatic heterocycles. The molecule has 0 amide bonds. The van der Waals surface area contributed by atoms with E-state index < -0.39 is 0 Å². The van der Waals surface area contributed by atoms with Crippen molar-refractivity contribution in [2.24, 2.45) is 5.73 Å². The van der Waals surface area contributed by atoms with E-state index in [4.69, 9.17) is 10.5 Å². The maximum atomic E-state index is 6.16. The Kier molecular flexibility index (Phi) is 4.39. The molecule has 0 spiro atoms. The molecule has 1 heterocycles. The minimum atomic E-state index is 0.0704. The minimum Gasteiger partial charge on any atom is -0.494 e. The first kappa shape index (κ1) is 13.1. The zero-order valence-electron chi connectivity index (χ0n) is 10.8. The fraction of sp³-hybridized carbons (Fsp3) is 0.333. The second-order valence-corrected chi connectivity index (χ2v) is 5.61. The van der Waals surface area contributed by atoms with Crippen molar-refractivity contribution in [3.63, 3.8) is 0 Å². The van der Waals surface area contributed by atoms with E-state index in [0.717, 1.165) is 12.2 Å². The maximum Gasteiger partial charge on any atom is 0.119 e. The summed E-state index contributed by atoms with van der Waals surface area (Å²) in [6, 6.07) is 10.3. The molecular weight excluding hydrogens is 242 g/mol. The van der Waals surface area contributed by atoms with Gasteiger partial charge in [0, 0.05) is 17.3 Å². The number of nitrogens with two attached hydrogens (primary N) is 1. The van der Waals surface area contributed by atoms with Crippen LogP contribution in [0.2, 0.25) is 0 Å². The van der Waals surface area contributed by atoms with Gasteiger partial charge in [0.05, 0.1) is 6.61 Å². The first-order valence-electron chi connectivity index (χ1n) is 6.16. The summed E-state index contributed by atoms with van der Waals surface area (Å²) in [5.41, 5.74) is 8.62. The van der Waals surface area contributed by atoms with E-state index in [2.05, 4.69) is 31.4 Å². The molecule has 18 heavy (non-hydrogen) atoms. The van der Waals surface area contributed by atoms with E-state index in [1.807, 2.05) is 18.2 Å². The Morgan fingerprint density at radius 3 is 2.78 bits per heavy atom. The summed E-state index contributed by atoms with van der Waals surface area (Å²) in [5.74, 6) is 0.921. The highest BCUT2D eigenvalue weighted by atomic mass is 32.1. The molecule has 0 fully saturated rings. The molecule has 2 rings (SSSR count). The Balaban J connectivity index is 1.84. The number of rotatable bonds is 5. The maximum absolute atomic E-state index is 6.16. The summed E-state index contributed by atoms with van der Waals surface area (Å²) < 4.78 is 5.72. The largest absolute Gasteiger partial charge is 0.494 e. The molecule has 96 valence electrons. The van der Waals surface area contributed by atoms with Crippen LogP contribution < -0.4 is 10.5 Å². The lowest BCUT2D eigenvalue weighted by atomic mass is 10.1. The lowest BCUT2D eigenvalue weighted by Crippen LogP contribution is -2.14. The monoisotopic (exact) mass is 261 g/mol. The topological polar surface area (TPSA) is 35.2 Å². The summed E-state index contributed by atoms with van der Waals surface area (Å²) in [4.78, 5) is 1.30. The van der Waals surface area contributed by atoms with Crippen molar-refractivity contribution in [1.82, 2.24) is 0 Å². The SMILES string of the molecule is Cc1cccc(OCCC(N)c2ccsc2C)c1. The van der Waals surface area contributed by atoms with Crippen molar-refractivity contribution in [1.29, 1.82) is 0 Å². The third kappa shape index (κ3) is 3.34. The van der Waals surface area contributed by atoms with E-state index in [-0.39, 0.29) is 6.04 Å². The Hall–Kier alpha value is -1.32. The Morgan fingerprint density at radius 2 is 2.11 bits per heavy atom. The first-order chi connectivity index (χ1) is 8.66. The van der Waals surface area contributed by atoms with Crippen molar-refractivity contribution in [3.8, 4) is 5.75 Å². The van der Waals surface area contributed by atoms with E-state index in [9.17, 15) is 0 Å². The molecule has 2 aromatic rings. The van der Waals surface area contributed by atoms with Crippen molar-refractivity contribution in [3.05, 3.63) is 51.7 Å². The molecule has 2 nitrogen and oxygen atoms in total. The van der Waals surface area contributed by atoms with E-state index in [1.54, 1.807) is 11.3 Å². The minimum absolute atomic E-state index is 0.0704. The predicted octanol–water partition coefficient (Wildman–Crippen LogP) is 3.83. The van der Waals surface area contributed by atoms with Gasteiger partial charge < -0.3 is 10.5 Å². The van der Waals surface area contributed by atoms with E-state index in [1.165, 1.54) is 16.0 Å². The molecule has 0 bridgehead atoms. The molecular formula is C15H19NOS. The standard InChI is InChI=1S/C15H19NOS/c1-11-4-3-5-13(10-11)17-8-6-15(16)14-7-9-18-12(14)2/h3-5,7,9-10,15H,6,8,16H2,1-2H3. The predicted molar refractivity (Wildman–Crippen MR) is 77.3 cm³/mol. The van der Waals surface area contributed by atoms with E-state index >= 15 is 0 Å². The van der Waals surface area contributed by atoms with Gasteiger partial charge in [0.25, 0.3) is 0 Å². The van der Waals surface area contributed by atoms with Crippen molar-refractivity contribution in [2.45, 2.75) is 26.3 Å². The average Bonchev–Trinajstić information content (AvgIpc) is 2.75. The first-order valence-corrected chi connectivity index (χ1v) is 7.04. The number of ether oxygens (including phenoxy) is 1. The van der Waals surface area contributed by atoms with Crippen LogP contribution in [0.15, 0.2) is 35.7 Å². The number of hydrogen-bond acceptors (Lipinski definition) is 3. The summed E-state index contributed by atoms with van der Waals surface area (Å²) in [6.07, 6.45) is 0.839. The van der Waals surface area contributed by atoms with Crippen LogP contribution >= 0.6 is 11.3 Å². The van der Waals surface area contributed by atoms with Gasteiger partial charge in [-0.2, -0.15) is 0 Å². The van der Waals surface area contributed by atoms with E-state index in [0.29, 0.717) is 6.61 Å². The van der Waals surface area contributed by atoms with Gasteiger partial charge in [-0.15, -0.1) is 11.3 Å². The summed E-state index contributed by atoms with van der Waals surface area (Å²) in [7, 11) is 0. The molecule has 0 aliphatic carbocycles. The van der Waals surface area contributed by atoms with Gasteiger partial charge in [0.1, 0.15) is 5.75 Å². The van der Waals surface area contributed by atoms with Crippen LogP contribution in [0.3, 0.4) is 0 Å². The zero-order valence-corrected chi connectivity index (χ0v) is 11.7. The second kappa shape index (κ2) is 6.03. The average molecular weight is 261 g/mol. The molecule has 0 saturated carbocycles. The number of hydrogen-bond donors (Lipinski definition) is 1. The van der Waals surface area contributed by atoms with Crippen LogP contribution in [0.4, 0.5) is 0 Å². The third-order valence-electron chi connectivity index (χ3n) is 2.99. The summed E-state index contributed by atoms with van der Waals surface area (Å²) >= 11 is 1.74. The van der Waals surface area contributed by atoms with Crippen LogP contribution in [0.1, 0.15) is 28.5 Å². The van der Waals surface area contributed by atoms with Crippen LogP contribution in [0.25, 0.3) is 0 Å². The molecule has 3 heteroatoms. The van der Waals surface area contributed by atoms with Crippen LogP contribution in [-0.4, -0.2) is 6.61 Å². The summed E-state index contributed by atoms with van der Waals surface area (Å²) in [6.45, 7) is 4.83. The van der Waals surface area contributed by atoms with Crippen molar-refractivity contribution < 1.29 is 4.74 Å². The Bertz CT molecular complexity index is 507. The van der Waals surface area contributed by atoms with Gasteiger partial charge in [0.15, 0.2) is 0 Å². The fourth-order valence-electron chi connectivity index (χ4n) is 1.94. The van der Waals surface area contributed by atoms with Crippen molar-refractivity contribution >= 4 is 11.3 Å². The lowest BCUT2D eigenvalue weighted by Gasteiger charge is -2.12. The van der Waals surface area contributed by atoms with Crippen molar-refractivity contribution in [2.75, 3.05) is 6.61 Å². The molecule has 2 N–H and O–H groups in total. The fourth-order valence-corrected chi connectivity index (χ4v) is 2.72. The normalized spacial score (nSPS) is 12.4. The summed E-state index contributed by atoms with van der Waals surface area (Å²) in [5, 5.41) is 2.09. The third-order valence-corrected chi connectivity index (χ3v) is 3.85. The lowest BCUT2D eigenvalue weighted by molar-refractivity contribution is 0.298. The van der Waals surface area contributed by atoms with Gasteiger partial charge in [-0.25, -0.2) is 0 Å². The molecule has 0 radical (unpaired) electrons. The van der Waals surface area contributed by atoms with Gasteiger partial charge >= 0.3 is 0 Å². The van der Waals surface area contributed by atoms with Crippen LogP contribution in [-0.2, 0) is 0 Å². The van der Waals surface area contributed by atoms with Crippen LogP contribution in [0, 0.1) is 13.8 Å². The second-order valence-electron chi connectivity index (χ2n) is 4.49. The van der Waals surface area contributed by atoms with Gasteiger partial charge in [0.2, 0.25) is 0 Å². The highest BCUT2D eigenvalue weighted by molar-refractivity contribution is 7.10. The van der Waals surface area contributed by atoms with Gasteiger partial charge in [-0.1, -0.05) is 12.1 Å². The number of aryl methyl sites for hydroxylation is 2. The zero-order chi connectivity index (χ0) is 13.0. The molecule has 1 aromatic carbocycles. The highest BCUT2D eigenvalue weighted by Gasteiger charge is 2.09. The highest BCUT2D eigenvalue weighted by Crippen LogP contribution is 2.23. The Labute approximate surface area is 112 Å². The quantitative estimate of drug-likeness (QED) is 0.887.